The normalized spacial score (nSPS) is 31.7. The lowest BCUT2D eigenvalue weighted by Gasteiger charge is -2.33. The van der Waals surface area contributed by atoms with Crippen molar-refractivity contribution in [3.63, 3.8) is 0 Å². The molecule has 1 aromatic heterocycles. The van der Waals surface area contributed by atoms with E-state index in [1.807, 2.05) is 0 Å². The number of aromatic nitrogens is 1. The molecule has 0 radical (unpaired) electrons. The Bertz CT molecular complexity index is 284. The lowest BCUT2D eigenvalue weighted by Crippen LogP contribution is -2.36. The van der Waals surface area contributed by atoms with Gasteiger partial charge in [0.05, 0.1) is 5.69 Å². The number of hydrogen-bond acceptors (Lipinski definition) is 3. The first-order valence-corrected chi connectivity index (χ1v) is 6.78. The minimum absolute atomic E-state index is 0.675. The third-order valence-corrected chi connectivity index (χ3v) is 4.10. The van der Waals surface area contributed by atoms with Crippen molar-refractivity contribution in [3.8, 4) is 0 Å². The molecule has 2 nitrogen and oxygen atoms in total. The van der Waals surface area contributed by atoms with Gasteiger partial charge < -0.3 is 5.32 Å². The average Bonchev–Trinajstić information content (AvgIpc) is 2.74. The van der Waals surface area contributed by atoms with E-state index in [9.17, 15) is 0 Å². The van der Waals surface area contributed by atoms with Gasteiger partial charge in [-0.15, -0.1) is 0 Å². The summed E-state index contributed by atoms with van der Waals surface area (Å²) < 4.78 is 4.50. The Hall–Kier alpha value is -0.410. The van der Waals surface area contributed by atoms with E-state index in [1.54, 1.807) is 11.5 Å². The molecule has 1 saturated carbocycles. The van der Waals surface area contributed by atoms with E-state index in [2.05, 4.69) is 35.0 Å². The molecule has 0 bridgehead atoms. The molecule has 3 atom stereocenters. The van der Waals surface area contributed by atoms with Gasteiger partial charge in [0.15, 0.2) is 0 Å². The van der Waals surface area contributed by atoms with Gasteiger partial charge in [0.1, 0.15) is 0 Å². The van der Waals surface area contributed by atoms with Gasteiger partial charge in [-0.05, 0) is 49.3 Å². The van der Waals surface area contributed by atoms with Gasteiger partial charge in [0.25, 0.3) is 0 Å². The smallest absolute Gasteiger partial charge is 0.0576 e. The van der Waals surface area contributed by atoms with Gasteiger partial charge in [0, 0.05) is 17.3 Å². The van der Waals surface area contributed by atoms with Crippen molar-refractivity contribution < 1.29 is 0 Å². The van der Waals surface area contributed by atoms with Crippen LogP contribution in [0.4, 0.5) is 0 Å². The van der Waals surface area contributed by atoms with E-state index >= 15 is 0 Å². The van der Waals surface area contributed by atoms with Gasteiger partial charge in [-0.25, -0.2) is 0 Å². The zero-order chi connectivity index (χ0) is 10.7. The predicted octanol–water partition coefficient (Wildman–Crippen LogP) is 3.02. The summed E-state index contributed by atoms with van der Waals surface area (Å²) in [4.78, 5) is 0. The quantitative estimate of drug-likeness (QED) is 0.853. The molecule has 3 unspecified atom stereocenters. The van der Waals surface area contributed by atoms with Crippen LogP contribution in [-0.2, 0) is 0 Å². The third-order valence-electron chi connectivity index (χ3n) is 3.53. The van der Waals surface area contributed by atoms with Crippen molar-refractivity contribution in [2.45, 2.75) is 45.1 Å². The Morgan fingerprint density at radius 1 is 1.53 bits per heavy atom. The van der Waals surface area contributed by atoms with Gasteiger partial charge in [-0.2, -0.15) is 4.37 Å². The number of rotatable bonds is 3. The first kappa shape index (κ1) is 11.1. The highest BCUT2D eigenvalue weighted by molar-refractivity contribution is 7.03. The number of nitrogens with one attached hydrogen (secondary N) is 1. The molecule has 0 aliphatic heterocycles. The SMILES string of the molecule is CCNC1CCC(C)C(c2ccsn2)C1. The van der Waals surface area contributed by atoms with Crippen LogP contribution in [0.1, 0.15) is 44.7 Å². The lowest BCUT2D eigenvalue weighted by molar-refractivity contribution is 0.268. The summed E-state index contributed by atoms with van der Waals surface area (Å²) >= 11 is 1.58. The Labute approximate surface area is 96.3 Å². The van der Waals surface area contributed by atoms with Crippen molar-refractivity contribution in [1.29, 1.82) is 0 Å². The summed E-state index contributed by atoms with van der Waals surface area (Å²) in [5, 5.41) is 5.67. The van der Waals surface area contributed by atoms with Crippen LogP contribution < -0.4 is 5.32 Å². The molecule has 0 aromatic carbocycles. The molecule has 1 aromatic rings. The molecular formula is C12H20N2S. The Morgan fingerprint density at radius 2 is 2.40 bits per heavy atom. The van der Waals surface area contributed by atoms with Crippen LogP contribution in [0, 0.1) is 5.92 Å². The van der Waals surface area contributed by atoms with E-state index in [-0.39, 0.29) is 0 Å². The molecule has 0 amide bonds. The molecule has 2 rings (SSSR count). The average molecular weight is 224 g/mol. The van der Waals surface area contributed by atoms with Crippen molar-refractivity contribution in [2.75, 3.05) is 6.54 Å². The fraction of sp³-hybridized carbons (Fsp3) is 0.750. The second-order valence-electron chi connectivity index (χ2n) is 4.58. The summed E-state index contributed by atoms with van der Waals surface area (Å²) in [6.45, 7) is 5.64. The van der Waals surface area contributed by atoms with E-state index < -0.39 is 0 Å². The largest absolute Gasteiger partial charge is 0.314 e. The summed E-state index contributed by atoms with van der Waals surface area (Å²) in [5.41, 5.74) is 1.31. The fourth-order valence-electron chi connectivity index (χ4n) is 2.62. The molecule has 1 fully saturated rings. The van der Waals surface area contributed by atoms with Gasteiger partial charge in [-0.1, -0.05) is 13.8 Å². The van der Waals surface area contributed by atoms with Crippen molar-refractivity contribution in [3.05, 3.63) is 17.1 Å². The van der Waals surface area contributed by atoms with E-state index in [4.69, 9.17) is 0 Å². The zero-order valence-electron chi connectivity index (χ0n) is 9.57. The molecule has 1 aliphatic rings. The molecule has 0 spiro atoms. The molecule has 3 heteroatoms. The third kappa shape index (κ3) is 2.58. The predicted molar refractivity (Wildman–Crippen MR) is 65.3 cm³/mol. The van der Waals surface area contributed by atoms with Gasteiger partial charge in [0.2, 0.25) is 0 Å². The van der Waals surface area contributed by atoms with Crippen LogP contribution in [-0.4, -0.2) is 17.0 Å². The van der Waals surface area contributed by atoms with Crippen molar-refractivity contribution in [2.24, 2.45) is 5.92 Å². The highest BCUT2D eigenvalue weighted by Crippen LogP contribution is 2.37. The summed E-state index contributed by atoms with van der Waals surface area (Å²) in [6.07, 6.45) is 3.92. The lowest BCUT2D eigenvalue weighted by atomic mass is 9.76. The summed E-state index contributed by atoms with van der Waals surface area (Å²) in [7, 11) is 0. The Balaban J connectivity index is 2.02. The Morgan fingerprint density at radius 3 is 3.07 bits per heavy atom. The van der Waals surface area contributed by atoms with Crippen molar-refractivity contribution in [1.82, 2.24) is 9.69 Å². The summed E-state index contributed by atoms with van der Waals surface area (Å²) in [6, 6.07) is 2.90. The molecule has 84 valence electrons. The minimum Gasteiger partial charge on any atom is -0.314 e. The van der Waals surface area contributed by atoms with Crippen LogP contribution in [0.5, 0.6) is 0 Å². The molecule has 0 saturated heterocycles. The Kier molecular flexibility index (Phi) is 3.76. The van der Waals surface area contributed by atoms with Crippen LogP contribution >= 0.6 is 11.5 Å². The number of nitrogens with zero attached hydrogens (tertiary/aromatic N) is 1. The van der Waals surface area contributed by atoms with Crippen LogP contribution in [0.15, 0.2) is 11.4 Å². The summed E-state index contributed by atoms with van der Waals surface area (Å²) in [5.74, 6) is 1.47. The van der Waals surface area contributed by atoms with E-state index in [1.165, 1.54) is 25.0 Å². The molecule has 1 N–H and O–H groups in total. The van der Waals surface area contributed by atoms with Gasteiger partial charge in [-0.3, -0.25) is 0 Å². The van der Waals surface area contributed by atoms with Crippen molar-refractivity contribution >= 4 is 11.5 Å². The first-order valence-electron chi connectivity index (χ1n) is 5.95. The van der Waals surface area contributed by atoms with Crippen LogP contribution in [0.3, 0.4) is 0 Å². The van der Waals surface area contributed by atoms with Crippen LogP contribution in [0.2, 0.25) is 0 Å². The molecule has 15 heavy (non-hydrogen) atoms. The molecular weight excluding hydrogens is 204 g/mol. The molecule has 1 heterocycles. The highest BCUT2D eigenvalue weighted by atomic mass is 32.1. The second-order valence-corrected chi connectivity index (χ2v) is 5.24. The maximum Gasteiger partial charge on any atom is 0.0576 e. The second kappa shape index (κ2) is 5.08. The fourth-order valence-corrected chi connectivity index (χ4v) is 3.20. The van der Waals surface area contributed by atoms with E-state index in [0.717, 1.165) is 12.5 Å². The molecule has 1 aliphatic carbocycles. The standard InChI is InChI=1S/C12H20N2S/c1-3-13-10-5-4-9(2)11(8-10)12-6-7-15-14-12/h6-7,9-11,13H,3-5,8H2,1-2H3. The van der Waals surface area contributed by atoms with Crippen LogP contribution in [0.25, 0.3) is 0 Å². The first-order chi connectivity index (χ1) is 7.31. The topological polar surface area (TPSA) is 24.9 Å². The highest BCUT2D eigenvalue weighted by Gasteiger charge is 2.29. The minimum atomic E-state index is 0.675. The number of hydrogen-bond donors (Lipinski definition) is 1. The zero-order valence-corrected chi connectivity index (χ0v) is 10.4. The maximum atomic E-state index is 4.50. The maximum absolute atomic E-state index is 4.50. The van der Waals surface area contributed by atoms with Gasteiger partial charge >= 0.3 is 0 Å². The monoisotopic (exact) mass is 224 g/mol. The van der Waals surface area contributed by atoms with E-state index in [0.29, 0.717) is 12.0 Å².